The average Bonchev–Trinajstić information content (AvgIpc) is 3.33. The van der Waals surface area contributed by atoms with E-state index in [1.807, 2.05) is 64.9 Å². The Morgan fingerprint density at radius 3 is 2.28 bits per heavy atom. The molecule has 0 saturated carbocycles. The van der Waals surface area contributed by atoms with Crippen LogP contribution in [0.1, 0.15) is 37.3 Å². The maximum absolute atomic E-state index is 13.5. The van der Waals surface area contributed by atoms with Gasteiger partial charge in [0.25, 0.3) is 0 Å². The molecule has 2 aliphatic heterocycles. The molecule has 2 atom stereocenters. The number of hydrogen-bond acceptors (Lipinski definition) is 4. The number of esters is 1. The second kappa shape index (κ2) is 10.7. The molecule has 0 bridgehead atoms. The van der Waals surface area contributed by atoms with E-state index < -0.39 is 0 Å². The number of hydrogen-bond donors (Lipinski definition) is 0. The van der Waals surface area contributed by atoms with Crippen LogP contribution in [-0.4, -0.2) is 46.2 Å². The van der Waals surface area contributed by atoms with Crippen molar-refractivity contribution in [3.63, 3.8) is 0 Å². The highest BCUT2D eigenvalue weighted by atomic mass is 32.2. The number of ether oxygens (including phenoxy) is 1. The largest absolute Gasteiger partial charge is 0.466 e. The maximum atomic E-state index is 13.5. The molecule has 4 rings (SSSR count). The number of urea groups is 1. The highest BCUT2D eigenvalue weighted by Gasteiger charge is 2.50. The lowest BCUT2D eigenvalue weighted by Gasteiger charge is -2.23. The van der Waals surface area contributed by atoms with Crippen LogP contribution in [0, 0.1) is 0 Å². The summed E-state index contributed by atoms with van der Waals surface area (Å²) in [5.74, 6) is 0.761. The van der Waals surface area contributed by atoms with Crippen molar-refractivity contribution in [3.05, 3.63) is 82.8 Å². The molecule has 2 aromatic rings. The van der Waals surface area contributed by atoms with Gasteiger partial charge in [-0.05, 0) is 30.9 Å². The number of amides is 2. The van der Waals surface area contributed by atoms with Crippen LogP contribution in [0.25, 0.3) is 0 Å². The van der Waals surface area contributed by atoms with E-state index in [9.17, 15) is 9.59 Å². The van der Waals surface area contributed by atoms with Crippen LogP contribution in [-0.2, 0) is 22.6 Å². The fraction of sp³-hybridized carbons (Fsp3) is 0.385. The zero-order valence-corrected chi connectivity index (χ0v) is 19.3. The number of allylic oxidation sites excluding steroid dienone is 1. The predicted molar refractivity (Wildman–Crippen MR) is 128 cm³/mol. The molecule has 168 valence electrons. The van der Waals surface area contributed by atoms with Crippen molar-refractivity contribution < 1.29 is 14.3 Å². The number of carbonyl (C=O) groups is 2. The molecule has 2 fully saturated rings. The summed E-state index contributed by atoms with van der Waals surface area (Å²) in [6, 6.07) is 20.7. The third kappa shape index (κ3) is 5.18. The molecule has 2 saturated heterocycles. The van der Waals surface area contributed by atoms with E-state index in [1.54, 1.807) is 0 Å². The van der Waals surface area contributed by atoms with Gasteiger partial charge in [-0.2, -0.15) is 0 Å². The molecule has 0 aliphatic carbocycles. The fourth-order valence-corrected chi connectivity index (χ4v) is 5.83. The number of unbranched alkanes of at least 4 members (excludes halogenated alkanes) is 1. The number of thioether (sulfide) groups is 1. The van der Waals surface area contributed by atoms with E-state index in [0.29, 0.717) is 26.1 Å². The Morgan fingerprint density at radius 1 is 1.03 bits per heavy atom. The summed E-state index contributed by atoms with van der Waals surface area (Å²) in [6.07, 6.45) is 4.24. The molecule has 2 heterocycles. The molecule has 0 radical (unpaired) electrons. The lowest BCUT2D eigenvalue weighted by molar-refractivity contribution is -0.143. The number of benzene rings is 2. The molecule has 1 unspecified atom stereocenters. The maximum Gasteiger partial charge on any atom is 0.321 e. The Balaban J connectivity index is 1.51. The van der Waals surface area contributed by atoms with Crippen molar-refractivity contribution in [2.45, 2.75) is 51.4 Å². The number of nitrogens with zero attached hydrogens (tertiary/aromatic N) is 2. The monoisotopic (exact) mass is 450 g/mol. The molecule has 32 heavy (non-hydrogen) atoms. The van der Waals surface area contributed by atoms with Gasteiger partial charge in [0.05, 0.1) is 18.7 Å². The van der Waals surface area contributed by atoms with E-state index in [0.717, 1.165) is 29.7 Å². The third-order valence-corrected chi connectivity index (χ3v) is 7.18. The molecule has 2 aromatic carbocycles. The summed E-state index contributed by atoms with van der Waals surface area (Å²) in [4.78, 5) is 30.5. The van der Waals surface area contributed by atoms with Crippen molar-refractivity contribution in [2.75, 3.05) is 12.4 Å². The average molecular weight is 451 g/mol. The van der Waals surface area contributed by atoms with Gasteiger partial charge in [-0.15, -0.1) is 11.8 Å². The quantitative estimate of drug-likeness (QED) is 0.298. The van der Waals surface area contributed by atoms with Gasteiger partial charge in [-0.25, -0.2) is 4.79 Å². The van der Waals surface area contributed by atoms with Gasteiger partial charge >= 0.3 is 12.0 Å². The third-order valence-electron chi connectivity index (χ3n) is 5.93. The standard InChI is InChI=1S/C26H30N2O3S/c1-2-31-24(29)16-10-9-15-23-25-22(19-32-23)27(17-20-11-5-3-6-12-20)26(30)28(25)18-21-13-7-4-8-14-21/h3-8,11-15,22,25H,2,9-10,16-19H2,1H3/b23-15-/t22?,25-/m0/s1. The minimum atomic E-state index is -0.140. The number of rotatable bonds is 9. The van der Waals surface area contributed by atoms with Gasteiger partial charge in [-0.1, -0.05) is 66.7 Å². The Bertz CT molecular complexity index is 948. The van der Waals surface area contributed by atoms with Crippen LogP contribution in [0.4, 0.5) is 4.79 Å². The molecular weight excluding hydrogens is 420 g/mol. The predicted octanol–water partition coefficient (Wildman–Crippen LogP) is 5.23. The second-order valence-corrected chi connectivity index (χ2v) is 9.23. The lowest BCUT2D eigenvalue weighted by atomic mass is 10.1. The molecule has 2 amide bonds. The van der Waals surface area contributed by atoms with Gasteiger partial charge < -0.3 is 14.5 Å². The lowest BCUT2D eigenvalue weighted by Crippen LogP contribution is -2.35. The Hall–Kier alpha value is -2.73. The number of carbonyl (C=O) groups excluding carboxylic acids is 2. The topological polar surface area (TPSA) is 49.9 Å². The van der Waals surface area contributed by atoms with Gasteiger partial charge in [0.15, 0.2) is 0 Å². The number of fused-ring (bicyclic) bond motifs is 1. The van der Waals surface area contributed by atoms with Crippen molar-refractivity contribution in [1.29, 1.82) is 0 Å². The van der Waals surface area contributed by atoms with Gasteiger partial charge in [-0.3, -0.25) is 4.79 Å². The van der Waals surface area contributed by atoms with E-state index >= 15 is 0 Å². The fourth-order valence-electron chi connectivity index (χ4n) is 4.41. The first kappa shape index (κ1) is 22.5. The molecule has 0 aromatic heterocycles. The molecule has 5 nitrogen and oxygen atoms in total. The molecule has 0 N–H and O–H groups in total. The summed E-state index contributed by atoms with van der Waals surface area (Å²) in [5.41, 5.74) is 2.29. The van der Waals surface area contributed by atoms with Crippen LogP contribution < -0.4 is 0 Å². The van der Waals surface area contributed by atoms with Gasteiger partial charge in [0.1, 0.15) is 0 Å². The van der Waals surface area contributed by atoms with E-state index in [4.69, 9.17) is 4.74 Å². The minimum Gasteiger partial charge on any atom is -0.466 e. The summed E-state index contributed by atoms with van der Waals surface area (Å²) in [5, 5.41) is 0. The highest BCUT2D eigenvalue weighted by molar-refractivity contribution is 8.03. The normalized spacial score (nSPS) is 21.3. The summed E-state index contributed by atoms with van der Waals surface area (Å²) in [6.45, 7) is 3.48. The summed E-state index contributed by atoms with van der Waals surface area (Å²) in [7, 11) is 0. The van der Waals surface area contributed by atoms with E-state index in [2.05, 4.69) is 30.3 Å². The van der Waals surface area contributed by atoms with Crippen LogP contribution in [0.5, 0.6) is 0 Å². The second-order valence-electron chi connectivity index (χ2n) is 8.14. The first-order valence-electron chi connectivity index (χ1n) is 11.3. The Labute approximate surface area is 194 Å². The minimum absolute atomic E-state index is 0.0685. The molecular formula is C26H30N2O3S. The first-order chi connectivity index (χ1) is 15.7. The van der Waals surface area contributed by atoms with Crippen molar-refractivity contribution in [1.82, 2.24) is 9.80 Å². The summed E-state index contributed by atoms with van der Waals surface area (Å²) < 4.78 is 5.03. The first-order valence-corrected chi connectivity index (χ1v) is 12.3. The Kier molecular flexibility index (Phi) is 7.53. The van der Waals surface area contributed by atoms with Crippen molar-refractivity contribution in [2.24, 2.45) is 0 Å². The van der Waals surface area contributed by atoms with Crippen LogP contribution in [0.2, 0.25) is 0 Å². The van der Waals surface area contributed by atoms with E-state index in [-0.39, 0.29) is 24.1 Å². The van der Waals surface area contributed by atoms with Gasteiger partial charge in [0.2, 0.25) is 0 Å². The van der Waals surface area contributed by atoms with Crippen LogP contribution >= 0.6 is 11.8 Å². The Morgan fingerprint density at radius 2 is 1.66 bits per heavy atom. The molecule has 6 heteroatoms. The molecule has 0 spiro atoms. The molecule has 2 aliphatic rings. The SMILES string of the molecule is CCOC(=O)CCC/C=C1\SCC2[C@@H]1N(Cc1ccccc1)C(=O)N2Cc1ccccc1. The zero-order valence-electron chi connectivity index (χ0n) is 18.5. The zero-order chi connectivity index (χ0) is 22.3. The van der Waals surface area contributed by atoms with Crippen molar-refractivity contribution in [3.8, 4) is 0 Å². The van der Waals surface area contributed by atoms with Crippen molar-refractivity contribution >= 4 is 23.8 Å². The summed E-state index contributed by atoms with van der Waals surface area (Å²) >= 11 is 1.84. The van der Waals surface area contributed by atoms with E-state index in [1.165, 1.54) is 4.91 Å². The smallest absolute Gasteiger partial charge is 0.321 e. The van der Waals surface area contributed by atoms with Crippen LogP contribution in [0.3, 0.4) is 0 Å². The van der Waals surface area contributed by atoms with Gasteiger partial charge in [0, 0.05) is 30.2 Å². The van der Waals surface area contributed by atoms with Crippen LogP contribution in [0.15, 0.2) is 71.6 Å². The highest BCUT2D eigenvalue weighted by Crippen LogP contribution is 2.43.